The molecule has 26 heavy (non-hydrogen) atoms. The quantitative estimate of drug-likeness (QED) is 0.573. The highest BCUT2D eigenvalue weighted by atomic mass is 32.1. The van der Waals surface area contributed by atoms with Crippen LogP contribution >= 0.6 is 11.3 Å². The van der Waals surface area contributed by atoms with E-state index in [4.69, 9.17) is 0 Å². The van der Waals surface area contributed by atoms with Crippen LogP contribution in [-0.2, 0) is 0 Å². The molecule has 0 saturated heterocycles. The zero-order chi connectivity index (χ0) is 17.9. The highest BCUT2D eigenvalue weighted by Gasteiger charge is 2.12. The molecule has 3 aromatic heterocycles. The van der Waals surface area contributed by atoms with E-state index in [1.54, 1.807) is 25.5 Å². The lowest BCUT2D eigenvalue weighted by molar-refractivity contribution is 0.103. The van der Waals surface area contributed by atoms with Crippen LogP contribution in [0.15, 0.2) is 60.9 Å². The lowest BCUT2D eigenvalue weighted by atomic mass is 10.2. The van der Waals surface area contributed by atoms with Crippen LogP contribution in [-0.4, -0.2) is 27.9 Å². The van der Waals surface area contributed by atoms with Crippen molar-refractivity contribution in [1.82, 2.24) is 15.0 Å². The van der Waals surface area contributed by atoms with E-state index in [2.05, 4.69) is 25.6 Å². The summed E-state index contributed by atoms with van der Waals surface area (Å²) >= 11 is 1.39. The van der Waals surface area contributed by atoms with Crippen LogP contribution in [0.2, 0.25) is 0 Å². The zero-order valence-electron chi connectivity index (χ0n) is 13.9. The van der Waals surface area contributed by atoms with Crippen LogP contribution in [0.3, 0.4) is 0 Å². The minimum Gasteiger partial charge on any atom is -0.357 e. The molecule has 0 atom stereocenters. The van der Waals surface area contributed by atoms with Crippen LogP contribution in [0.1, 0.15) is 9.67 Å². The number of nitrogens with one attached hydrogen (secondary N) is 2. The van der Waals surface area contributed by atoms with Crippen molar-refractivity contribution in [2.75, 3.05) is 17.7 Å². The van der Waals surface area contributed by atoms with Gasteiger partial charge in [0, 0.05) is 18.6 Å². The average molecular weight is 361 g/mol. The van der Waals surface area contributed by atoms with Gasteiger partial charge in [0.15, 0.2) is 0 Å². The summed E-state index contributed by atoms with van der Waals surface area (Å²) in [6.45, 7) is 0. The predicted octanol–water partition coefficient (Wildman–Crippen LogP) is 4.05. The highest BCUT2D eigenvalue weighted by molar-refractivity contribution is 7.17. The van der Waals surface area contributed by atoms with Gasteiger partial charge in [0.1, 0.15) is 0 Å². The number of aromatic nitrogens is 3. The molecular formula is C19H15N5OS. The van der Waals surface area contributed by atoms with Gasteiger partial charge in [-0.15, -0.1) is 11.3 Å². The number of pyridine rings is 1. The molecule has 0 aliphatic rings. The number of rotatable bonds is 4. The fraction of sp³-hybridized carbons (Fsp3) is 0.0526. The van der Waals surface area contributed by atoms with Gasteiger partial charge in [-0.25, -0.2) is 9.97 Å². The van der Waals surface area contributed by atoms with Crippen LogP contribution in [0, 0.1) is 0 Å². The summed E-state index contributed by atoms with van der Waals surface area (Å²) in [6.07, 6.45) is 3.35. The van der Waals surface area contributed by atoms with Crippen molar-refractivity contribution in [3.05, 3.63) is 65.8 Å². The third-order valence-electron chi connectivity index (χ3n) is 3.81. The molecule has 0 saturated carbocycles. The lowest BCUT2D eigenvalue weighted by Gasteiger charge is -2.04. The van der Waals surface area contributed by atoms with Crippen LogP contribution in [0.25, 0.3) is 21.5 Å². The molecule has 6 nitrogen and oxygen atoms in total. The molecule has 2 N–H and O–H groups in total. The molecule has 128 valence electrons. The smallest absolute Gasteiger partial charge is 0.265 e. The van der Waals surface area contributed by atoms with E-state index in [9.17, 15) is 4.79 Å². The van der Waals surface area contributed by atoms with Gasteiger partial charge in [-0.2, -0.15) is 0 Å². The topological polar surface area (TPSA) is 79.8 Å². The fourth-order valence-electron chi connectivity index (χ4n) is 2.55. The van der Waals surface area contributed by atoms with E-state index in [1.807, 2.05) is 42.5 Å². The molecule has 4 aromatic rings. The normalized spacial score (nSPS) is 10.7. The van der Waals surface area contributed by atoms with Gasteiger partial charge in [0.2, 0.25) is 5.95 Å². The molecule has 0 unspecified atom stereocenters. The largest absolute Gasteiger partial charge is 0.357 e. The Labute approximate surface area is 154 Å². The molecule has 4 rings (SSSR count). The molecule has 0 spiro atoms. The Morgan fingerprint density at radius 1 is 1.08 bits per heavy atom. The van der Waals surface area contributed by atoms with E-state index < -0.39 is 0 Å². The van der Waals surface area contributed by atoms with Gasteiger partial charge in [0.25, 0.3) is 5.91 Å². The van der Waals surface area contributed by atoms with Crippen LogP contribution in [0.4, 0.5) is 11.6 Å². The number of hydrogen-bond donors (Lipinski definition) is 2. The van der Waals surface area contributed by atoms with Crippen molar-refractivity contribution < 1.29 is 4.79 Å². The number of hydrogen-bond acceptors (Lipinski definition) is 6. The molecule has 0 aliphatic heterocycles. The van der Waals surface area contributed by atoms with E-state index in [0.717, 1.165) is 21.5 Å². The maximum Gasteiger partial charge on any atom is 0.265 e. The number of fused-ring (bicyclic) bond motifs is 1. The van der Waals surface area contributed by atoms with Gasteiger partial charge in [-0.05, 0) is 30.3 Å². The Morgan fingerprint density at radius 3 is 2.85 bits per heavy atom. The lowest BCUT2D eigenvalue weighted by Crippen LogP contribution is -2.10. The van der Waals surface area contributed by atoms with Gasteiger partial charge in [-0.1, -0.05) is 18.2 Å². The average Bonchev–Trinajstić information content (AvgIpc) is 3.18. The first-order valence-corrected chi connectivity index (χ1v) is 8.82. The summed E-state index contributed by atoms with van der Waals surface area (Å²) < 4.78 is 0. The highest BCUT2D eigenvalue weighted by Crippen LogP contribution is 2.27. The first kappa shape index (κ1) is 16.2. The molecule has 1 amide bonds. The van der Waals surface area contributed by atoms with Crippen LogP contribution < -0.4 is 10.6 Å². The molecule has 1 aromatic carbocycles. The minimum absolute atomic E-state index is 0.166. The van der Waals surface area contributed by atoms with E-state index >= 15 is 0 Å². The third kappa shape index (κ3) is 3.25. The second-order valence-corrected chi connectivity index (χ2v) is 6.63. The summed E-state index contributed by atoms with van der Waals surface area (Å²) in [7, 11) is 1.77. The SMILES string of the molecule is CNc1nccc(-c2ccc(C(=O)Nc3cnc4ccccc4c3)s2)n1. The van der Waals surface area contributed by atoms with Crippen molar-refractivity contribution >= 4 is 39.8 Å². The number of amides is 1. The Bertz CT molecular complexity index is 1090. The number of thiophene rings is 1. The Balaban J connectivity index is 1.55. The standard InChI is InChI=1S/C19H15N5OS/c1-20-19-21-9-8-15(24-19)16-6-7-17(26-16)18(25)23-13-10-12-4-2-3-5-14(12)22-11-13/h2-11H,1H3,(H,23,25)(H,20,21,24). The second-order valence-electron chi connectivity index (χ2n) is 5.55. The Kier molecular flexibility index (Phi) is 4.28. The number of nitrogens with zero attached hydrogens (tertiary/aromatic N) is 3. The minimum atomic E-state index is -0.166. The third-order valence-corrected chi connectivity index (χ3v) is 4.92. The fourth-order valence-corrected chi connectivity index (χ4v) is 3.42. The summed E-state index contributed by atoms with van der Waals surface area (Å²) in [6, 6.07) is 15.2. The molecular weight excluding hydrogens is 346 g/mol. The van der Waals surface area contributed by atoms with Gasteiger partial charge >= 0.3 is 0 Å². The number of para-hydroxylation sites is 1. The molecule has 7 heteroatoms. The van der Waals surface area contributed by atoms with Crippen LogP contribution in [0.5, 0.6) is 0 Å². The van der Waals surface area contributed by atoms with E-state index in [-0.39, 0.29) is 5.91 Å². The van der Waals surface area contributed by atoms with Gasteiger partial charge < -0.3 is 10.6 Å². The van der Waals surface area contributed by atoms with Gasteiger partial charge in [0.05, 0.1) is 32.8 Å². The first-order chi connectivity index (χ1) is 12.7. The summed E-state index contributed by atoms with van der Waals surface area (Å²) in [5, 5.41) is 6.80. The first-order valence-electron chi connectivity index (χ1n) is 8.00. The molecule has 0 fully saturated rings. The maximum absolute atomic E-state index is 12.5. The molecule has 0 aliphatic carbocycles. The van der Waals surface area contributed by atoms with Crippen molar-refractivity contribution in [2.24, 2.45) is 0 Å². The predicted molar refractivity (Wildman–Crippen MR) is 105 cm³/mol. The molecule has 0 bridgehead atoms. The van der Waals surface area contributed by atoms with E-state index in [1.165, 1.54) is 11.3 Å². The van der Waals surface area contributed by atoms with Crippen molar-refractivity contribution in [2.45, 2.75) is 0 Å². The number of anilines is 2. The van der Waals surface area contributed by atoms with E-state index in [0.29, 0.717) is 16.5 Å². The number of carbonyl (C=O) groups is 1. The Morgan fingerprint density at radius 2 is 1.96 bits per heavy atom. The monoisotopic (exact) mass is 361 g/mol. The van der Waals surface area contributed by atoms with Crippen molar-refractivity contribution in [3.8, 4) is 10.6 Å². The number of carbonyl (C=O) groups excluding carboxylic acids is 1. The second kappa shape index (κ2) is 6.89. The summed E-state index contributed by atoms with van der Waals surface area (Å²) in [5.41, 5.74) is 2.34. The van der Waals surface area contributed by atoms with Gasteiger partial charge in [-0.3, -0.25) is 9.78 Å². The summed E-state index contributed by atoms with van der Waals surface area (Å²) in [5.74, 6) is 0.380. The molecule has 0 radical (unpaired) electrons. The number of benzene rings is 1. The maximum atomic E-state index is 12.5. The van der Waals surface area contributed by atoms with Crippen molar-refractivity contribution in [1.29, 1.82) is 0 Å². The Hall–Kier alpha value is -3.32. The summed E-state index contributed by atoms with van der Waals surface area (Å²) in [4.78, 5) is 26.9. The van der Waals surface area contributed by atoms with Crippen molar-refractivity contribution in [3.63, 3.8) is 0 Å². The zero-order valence-corrected chi connectivity index (χ0v) is 14.7. The molecule has 3 heterocycles.